The summed E-state index contributed by atoms with van der Waals surface area (Å²) in [7, 11) is 1.59. The average Bonchev–Trinajstić information content (AvgIpc) is 3.23. The van der Waals surface area contributed by atoms with Gasteiger partial charge in [0.05, 0.1) is 30.3 Å². The van der Waals surface area contributed by atoms with E-state index in [0.29, 0.717) is 22.5 Å². The molecule has 12 heteroatoms. The third-order valence-electron chi connectivity index (χ3n) is 5.11. The summed E-state index contributed by atoms with van der Waals surface area (Å²) in [5, 5.41) is 0.249. The van der Waals surface area contributed by atoms with Gasteiger partial charge in [0.25, 0.3) is 11.5 Å². The molecule has 1 unspecified atom stereocenters. The van der Waals surface area contributed by atoms with Gasteiger partial charge in [-0.2, -0.15) is 0 Å². The number of thiocarbonyl (C=S) groups is 1. The lowest BCUT2D eigenvalue weighted by molar-refractivity contribution is -0.124. The Balaban J connectivity index is 1.37. The minimum absolute atomic E-state index is 0.140. The molecule has 4 rings (SSSR count). The number of hydrogen-bond acceptors (Lipinski definition) is 8. The number of amides is 2. The van der Waals surface area contributed by atoms with E-state index in [1.807, 2.05) is 24.3 Å². The van der Waals surface area contributed by atoms with E-state index in [2.05, 4.69) is 21.3 Å². The van der Waals surface area contributed by atoms with Crippen molar-refractivity contribution in [2.75, 3.05) is 24.8 Å². The normalized spacial score (nSPS) is 15.4. The number of fused-ring (bicyclic) bond motifs is 1. The number of methoxy groups -OCH3 is 1. The lowest BCUT2D eigenvalue weighted by Gasteiger charge is -2.25. The Morgan fingerprint density at radius 1 is 1.21 bits per heavy atom. The predicted molar refractivity (Wildman–Crippen MR) is 134 cm³/mol. The molecule has 0 radical (unpaired) electrons. The molecule has 3 aromatic rings. The van der Waals surface area contributed by atoms with Crippen LogP contribution in [0.3, 0.4) is 0 Å². The molecule has 1 aliphatic heterocycles. The van der Waals surface area contributed by atoms with Crippen molar-refractivity contribution in [3.05, 3.63) is 70.3 Å². The molecule has 2 heterocycles. The van der Waals surface area contributed by atoms with E-state index in [1.165, 1.54) is 16.7 Å². The van der Waals surface area contributed by atoms with Gasteiger partial charge in [0.1, 0.15) is 16.9 Å². The molecule has 34 heavy (non-hydrogen) atoms. The number of nitrogens with one attached hydrogen (secondary N) is 3. The Labute approximate surface area is 204 Å². The first kappa shape index (κ1) is 23.7. The number of carbonyl (C=O) groups excluding carboxylic acids is 2. The number of rotatable bonds is 6. The van der Waals surface area contributed by atoms with E-state index in [1.54, 1.807) is 38.3 Å². The third kappa shape index (κ3) is 4.88. The van der Waals surface area contributed by atoms with Crippen LogP contribution >= 0.6 is 24.0 Å². The van der Waals surface area contributed by atoms with Crippen LogP contribution in [-0.2, 0) is 9.59 Å². The van der Waals surface area contributed by atoms with Crippen molar-refractivity contribution in [2.45, 2.75) is 12.3 Å². The molecule has 1 atom stereocenters. The van der Waals surface area contributed by atoms with E-state index in [0.717, 1.165) is 10.2 Å². The van der Waals surface area contributed by atoms with E-state index < -0.39 is 5.91 Å². The fourth-order valence-corrected chi connectivity index (χ4v) is 4.97. The smallest absolute Gasteiger partial charge is 0.280 e. The van der Waals surface area contributed by atoms with Gasteiger partial charge in [0.15, 0.2) is 5.11 Å². The maximum absolute atomic E-state index is 12.7. The first-order chi connectivity index (χ1) is 16.4. The second-order valence-electron chi connectivity index (χ2n) is 7.34. The molecule has 3 N–H and O–H groups in total. The SMILES string of the molecule is COc1ccc(C2SCC(=O)N2C(=S)NNCC(=O)Nn2c(C)nc3ccccc3c2=O)cc1. The summed E-state index contributed by atoms with van der Waals surface area (Å²) in [5.41, 5.74) is 9.06. The zero-order valence-electron chi connectivity index (χ0n) is 18.4. The number of nitrogens with zero attached hydrogens (tertiary/aromatic N) is 3. The molecular weight excluding hydrogens is 476 g/mol. The van der Waals surface area contributed by atoms with Crippen LogP contribution in [0.15, 0.2) is 53.3 Å². The number of hydrogen-bond donors (Lipinski definition) is 3. The van der Waals surface area contributed by atoms with Crippen molar-refractivity contribution in [2.24, 2.45) is 0 Å². The van der Waals surface area contributed by atoms with Crippen molar-refractivity contribution in [3.8, 4) is 5.75 Å². The molecule has 10 nitrogen and oxygen atoms in total. The van der Waals surface area contributed by atoms with Gasteiger partial charge in [-0.15, -0.1) is 11.8 Å². The predicted octanol–water partition coefficient (Wildman–Crippen LogP) is 1.44. The number of hydrazine groups is 1. The van der Waals surface area contributed by atoms with E-state index in [9.17, 15) is 14.4 Å². The number of ether oxygens (including phenoxy) is 1. The van der Waals surface area contributed by atoms with Gasteiger partial charge in [-0.3, -0.25) is 30.1 Å². The molecule has 1 aliphatic rings. The van der Waals surface area contributed by atoms with Crippen LogP contribution in [-0.4, -0.2) is 50.9 Å². The molecular formula is C22H22N6O4S2. The standard InChI is InChI=1S/C22H22N6O4S2/c1-13-24-17-6-4-3-5-16(17)20(31)28(13)26-18(29)11-23-25-22(33)27-19(30)12-34-21(27)14-7-9-15(32-2)10-8-14/h3-10,21,23H,11-12H2,1-2H3,(H,25,33)(H,26,29). The number of carbonyl (C=O) groups is 2. The molecule has 1 fully saturated rings. The minimum atomic E-state index is -0.494. The maximum atomic E-state index is 12.7. The Hall–Kier alpha value is -3.48. The first-order valence-electron chi connectivity index (χ1n) is 10.3. The summed E-state index contributed by atoms with van der Waals surface area (Å²) < 4.78 is 6.28. The van der Waals surface area contributed by atoms with Crippen LogP contribution in [0.5, 0.6) is 5.75 Å². The van der Waals surface area contributed by atoms with Crippen LogP contribution < -0.4 is 26.6 Å². The van der Waals surface area contributed by atoms with Crippen LogP contribution in [0.2, 0.25) is 0 Å². The van der Waals surface area contributed by atoms with Gasteiger partial charge < -0.3 is 4.74 Å². The molecule has 1 saturated heterocycles. The number of aromatic nitrogens is 2. The van der Waals surface area contributed by atoms with Crippen LogP contribution in [0, 0.1) is 6.92 Å². The van der Waals surface area contributed by atoms with E-state index in [-0.39, 0.29) is 34.3 Å². The largest absolute Gasteiger partial charge is 0.497 e. The molecule has 0 bridgehead atoms. The van der Waals surface area contributed by atoms with Crippen molar-refractivity contribution < 1.29 is 14.3 Å². The van der Waals surface area contributed by atoms with Crippen LogP contribution in [0.1, 0.15) is 16.8 Å². The number of aryl methyl sites for hydroxylation is 1. The molecule has 2 aromatic carbocycles. The summed E-state index contributed by atoms with van der Waals surface area (Å²) >= 11 is 6.84. The van der Waals surface area contributed by atoms with E-state index >= 15 is 0 Å². The number of benzene rings is 2. The Bertz CT molecular complexity index is 1310. The maximum Gasteiger partial charge on any atom is 0.280 e. The summed E-state index contributed by atoms with van der Waals surface area (Å²) in [6.45, 7) is 1.42. The highest BCUT2D eigenvalue weighted by Crippen LogP contribution is 2.39. The van der Waals surface area contributed by atoms with Gasteiger partial charge in [-0.05, 0) is 49.0 Å². The number of para-hydroxylation sites is 1. The van der Waals surface area contributed by atoms with Crippen LogP contribution in [0.4, 0.5) is 0 Å². The van der Waals surface area contributed by atoms with Gasteiger partial charge in [-0.1, -0.05) is 24.3 Å². The molecule has 0 aliphatic carbocycles. The third-order valence-corrected chi connectivity index (χ3v) is 6.62. The van der Waals surface area contributed by atoms with Gasteiger partial charge in [0, 0.05) is 0 Å². The number of thioether (sulfide) groups is 1. The zero-order valence-corrected chi connectivity index (χ0v) is 20.0. The quantitative estimate of drug-likeness (QED) is 0.343. The lowest BCUT2D eigenvalue weighted by atomic mass is 10.2. The topological polar surface area (TPSA) is 118 Å². The second-order valence-corrected chi connectivity index (χ2v) is 8.79. The fraction of sp³-hybridized carbons (Fsp3) is 0.227. The van der Waals surface area contributed by atoms with Crippen LogP contribution in [0.25, 0.3) is 10.9 Å². The van der Waals surface area contributed by atoms with Crippen molar-refractivity contribution in [1.82, 2.24) is 25.4 Å². The van der Waals surface area contributed by atoms with Gasteiger partial charge >= 0.3 is 0 Å². The second kappa shape index (κ2) is 10.2. The van der Waals surface area contributed by atoms with E-state index in [4.69, 9.17) is 17.0 Å². The lowest BCUT2D eigenvalue weighted by Crippen LogP contribution is -2.50. The highest BCUT2D eigenvalue weighted by Gasteiger charge is 2.35. The highest BCUT2D eigenvalue weighted by molar-refractivity contribution is 8.00. The van der Waals surface area contributed by atoms with Crippen molar-refractivity contribution >= 4 is 51.8 Å². The minimum Gasteiger partial charge on any atom is -0.497 e. The monoisotopic (exact) mass is 498 g/mol. The summed E-state index contributed by atoms with van der Waals surface area (Å²) in [6.07, 6.45) is 0. The first-order valence-corrected chi connectivity index (χ1v) is 11.7. The Morgan fingerprint density at radius 2 is 1.94 bits per heavy atom. The van der Waals surface area contributed by atoms with Crippen molar-refractivity contribution in [1.29, 1.82) is 0 Å². The summed E-state index contributed by atoms with van der Waals surface area (Å²) in [5.74, 6) is 0.720. The Kier molecular flexibility index (Phi) is 7.10. The summed E-state index contributed by atoms with van der Waals surface area (Å²) in [6, 6.07) is 14.3. The summed E-state index contributed by atoms with van der Waals surface area (Å²) in [4.78, 5) is 43.4. The van der Waals surface area contributed by atoms with Gasteiger partial charge in [-0.25, -0.2) is 15.1 Å². The average molecular weight is 499 g/mol. The zero-order chi connectivity index (χ0) is 24.2. The molecule has 176 valence electrons. The fourth-order valence-electron chi connectivity index (χ4n) is 3.46. The molecule has 1 aromatic heterocycles. The molecule has 2 amide bonds. The molecule has 0 spiro atoms. The Morgan fingerprint density at radius 3 is 2.68 bits per heavy atom. The molecule has 0 saturated carbocycles. The van der Waals surface area contributed by atoms with Crippen molar-refractivity contribution in [3.63, 3.8) is 0 Å². The highest BCUT2D eigenvalue weighted by atomic mass is 32.2. The van der Waals surface area contributed by atoms with Gasteiger partial charge in [0.2, 0.25) is 5.91 Å².